The van der Waals surface area contributed by atoms with Crippen molar-refractivity contribution in [2.45, 2.75) is 25.7 Å². The number of rotatable bonds is 3. The first-order valence-electron chi connectivity index (χ1n) is 6.19. The number of carbonyl (C=O) groups excluding carboxylic acids is 1. The summed E-state index contributed by atoms with van der Waals surface area (Å²) in [6, 6.07) is 3.96. The molecule has 1 aromatic rings. The molecule has 3 rings (SSSR count). The van der Waals surface area contributed by atoms with Crippen molar-refractivity contribution in [3.05, 3.63) is 22.4 Å². The van der Waals surface area contributed by atoms with Gasteiger partial charge in [0.25, 0.3) is 0 Å². The molecule has 0 aliphatic heterocycles. The topological polar surface area (TPSA) is 41.5 Å². The van der Waals surface area contributed by atoms with Crippen molar-refractivity contribution in [3.8, 4) is 0 Å². The summed E-state index contributed by atoms with van der Waals surface area (Å²) in [6.07, 6.45) is 6.61. The number of amides is 1. The second kappa shape index (κ2) is 4.61. The molecule has 3 nitrogen and oxygen atoms in total. The van der Waals surface area contributed by atoms with Crippen LogP contribution in [0.1, 0.15) is 30.6 Å². The van der Waals surface area contributed by atoms with Gasteiger partial charge in [0.15, 0.2) is 0 Å². The zero-order chi connectivity index (χ0) is 11.7. The van der Waals surface area contributed by atoms with E-state index in [0.29, 0.717) is 5.92 Å². The van der Waals surface area contributed by atoms with Gasteiger partial charge in [0.2, 0.25) is 5.91 Å². The average molecular weight is 248 g/mol. The number of carbonyl (C=O) groups is 1. The maximum atomic E-state index is 11.9. The van der Waals surface area contributed by atoms with Crippen LogP contribution in [0.25, 0.3) is 0 Å². The van der Waals surface area contributed by atoms with E-state index in [4.69, 9.17) is 0 Å². The van der Waals surface area contributed by atoms with Crippen molar-refractivity contribution >= 4 is 23.5 Å². The fourth-order valence-electron chi connectivity index (χ4n) is 3.17. The smallest absolute Gasteiger partial charge is 0.243 e. The highest BCUT2D eigenvalue weighted by Gasteiger charge is 2.42. The zero-order valence-electron chi connectivity index (χ0n) is 9.63. The van der Waals surface area contributed by atoms with Gasteiger partial charge in [-0.15, -0.1) is 11.3 Å². The lowest BCUT2D eigenvalue weighted by Crippen LogP contribution is -2.30. The molecule has 2 aliphatic carbocycles. The predicted octanol–water partition coefficient (Wildman–Crippen LogP) is 2.63. The molecule has 1 N–H and O–H groups in total. The van der Waals surface area contributed by atoms with Crippen molar-refractivity contribution in [3.63, 3.8) is 0 Å². The fraction of sp³-hybridized carbons (Fsp3) is 0.538. The molecule has 0 spiro atoms. The van der Waals surface area contributed by atoms with Gasteiger partial charge in [0.1, 0.15) is 0 Å². The Morgan fingerprint density at radius 2 is 2.41 bits per heavy atom. The van der Waals surface area contributed by atoms with Crippen molar-refractivity contribution in [2.75, 3.05) is 0 Å². The van der Waals surface area contributed by atoms with Crippen LogP contribution in [0, 0.1) is 17.8 Å². The van der Waals surface area contributed by atoms with E-state index >= 15 is 0 Å². The monoisotopic (exact) mass is 248 g/mol. The molecular formula is C13H16N2OS. The Kier molecular flexibility index (Phi) is 2.97. The zero-order valence-corrected chi connectivity index (χ0v) is 10.5. The van der Waals surface area contributed by atoms with Crippen LogP contribution in [-0.2, 0) is 4.79 Å². The Hall–Kier alpha value is -1.16. The quantitative estimate of drug-likeness (QED) is 0.648. The maximum Gasteiger partial charge on any atom is 0.243 e. The number of fused-ring (bicyclic) bond motifs is 2. The third-order valence-electron chi connectivity index (χ3n) is 3.98. The molecule has 1 heterocycles. The first-order chi connectivity index (χ1) is 8.33. The molecule has 0 radical (unpaired) electrons. The Balaban J connectivity index is 1.54. The fourth-order valence-corrected chi connectivity index (χ4v) is 3.76. The molecule has 1 aromatic heterocycles. The van der Waals surface area contributed by atoms with E-state index in [1.807, 2.05) is 17.5 Å². The van der Waals surface area contributed by atoms with Gasteiger partial charge >= 0.3 is 0 Å². The lowest BCUT2D eigenvalue weighted by molar-refractivity contribution is -0.126. The van der Waals surface area contributed by atoms with Crippen LogP contribution in [0.3, 0.4) is 0 Å². The van der Waals surface area contributed by atoms with Crippen molar-refractivity contribution in [1.29, 1.82) is 0 Å². The molecule has 4 heteroatoms. The van der Waals surface area contributed by atoms with Gasteiger partial charge in [0.05, 0.1) is 6.21 Å². The second-order valence-corrected chi connectivity index (χ2v) is 6.01. The summed E-state index contributed by atoms with van der Waals surface area (Å²) in [7, 11) is 0. The van der Waals surface area contributed by atoms with Crippen LogP contribution in [0.2, 0.25) is 0 Å². The van der Waals surface area contributed by atoms with E-state index in [9.17, 15) is 4.79 Å². The normalized spacial score (nSPS) is 31.2. The highest BCUT2D eigenvalue weighted by molar-refractivity contribution is 7.11. The lowest BCUT2D eigenvalue weighted by Gasteiger charge is -2.19. The molecule has 0 saturated heterocycles. The number of thiophene rings is 1. The molecular weight excluding hydrogens is 232 g/mol. The van der Waals surface area contributed by atoms with Crippen LogP contribution >= 0.6 is 11.3 Å². The molecule has 17 heavy (non-hydrogen) atoms. The van der Waals surface area contributed by atoms with E-state index in [2.05, 4.69) is 10.5 Å². The average Bonchev–Trinajstić information content (AvgIpc) is 3.05. The third kappa shape index (κ3) is 2.27. The molecule has 90 valence electrons. The van der Waals surface area contributed by atoms with E-state index in [0.717, 1.165) is 17.2 Å². The highest BCUT2D eigenvalue weighted by atomic mass is 32.1. The first-order valence-corrected chi connectivity index (χ1v) is 7.07. The molecule has 3 atom stereocenters. The van der Waals surface area contributed by atoms with E-state index in [1.165, 1.54) is 19.3 Å². The third-order valence-corrected chi connectivity index (χ3v) is 4.79. The number of hydrogen-bond donors (Lipinski definition) is 1. The first kappa shape index (κ1) is 11.0. The summed E-state index contributed by atoms with van der Waals surface area (Å²) < 4.78 is 0. The second-order valence-electron chi connectivity index (χ2n) is 5.03. The standard InChI is InChI=1S/C13H16N2OS/c16-13(12-7-9-3-4-10(12)6-9)15-14-8-11-2-1-5-17-11/h1-2,5,8-10,12H,3-4,6-7H2,(H,15,16)/t9-,10-,12-/m0/s1. The van der Waals surface area contributed by atoms with E-state index in [1.54, 1.807) is 17.6 Å². The SMILES string of the molecule is O=C(NN=Cc1cccs1)[C@H]1C[C@H]2CC[C@H]1C2. The molecule has 2 fully saturated rings. The largest absolute Gasteiger partial charge is 0.273 e. The molecule has 2 saturated carbocycles. The van der Waals surface area contributed by atoms with Crippen LogP contribution in [0.15, 0.2) is 22.6 Å². The van der Waals surface area contributed by atoms with Gasteiger partial charge in [-0.25, -0.2) is 5.43 Å². The maximum absolute atomic E-state index is 11.9. The number of hydrazone groups is 1. The molecule has 0 aromatic carbocycles. The van der Waals surface area contributed by atoms with Crippen LogP contribution < -0.4 is 5.43 Å². The summed E-state index contributed by atoms with van der Waals surface area (Å²) in [5, 5.41) is 6.03. The van der Waals surface area contributed by atoms with Gasteiger partial charge < -0.3 is 0 Å². The van der Waals surface area contributed by atoms with Gasteiger partial charge in [0, 0.05) is 10.8 Å². The number of nitrogens with one attached hydrogen (secondary N) is 1. The number of nitrogens with zero attached hydrogens (tertiary/aromatic N) is 1. The van der Waals surface area contributed by atoms with Gasteiger partial charge in [-0.1, -0.05) is 12.5 Å². The van der Waals surface area contributed by atoms with Crippen molar-refractivity contribution in [1.82, 2.24) is 5.43 Å². The minimum Gasteiger partial charge on any atom is -0.273 e. The minimum atomic E-state index is 0.116. The summed E-state index contributed by atoms with van der Waals surface area (Å²) in [5.74, 6) is 1.76. The van der Waals surface area contributed by atoms with Crippen molar-refractivity contribution < 1.29 is 4.79 Å². The van der Waals surface area contributed by atoms with Crippen LogP contribution in [0.4, 0.5) is 0 Å². The number of hydrogen-bond acceptors (Lipinski definition) is 3. The Morgan fingerprint density at radius 1 is 1.47 bits per heavy atom. The summed E-state index contributed by atoms with van der Waals surface area (Å²) in [5.41, 5.74) is 2.68. The Bertz CT molecular complexity index is 427. The van der Waals surface area contributed by atoms with Gasteiger partial charge in [-0.05, 0) is 42.5 Å². The Labute approximate surface area is 105 Å². The van der Waals surface area contributed by atoms with Gasteiger partial charge in [-0.3, -0.25) is 4.79 Å². The lowest BCUT2D eigenvalue weighted by atomic mass is 9.88. The van der Waals surface area contributed by atoms with Crippen LogP contribution in [-0.4, -0.2) is 12.1 Å². The highest BCUT2D eigenvalue weighted by Crippen LogP contribution is 2.48. The molecule has 2 aliphatic rings. The van der Waals surface area contributed by atoms with Crippen molar-refractivity contribution in [2.24, 2.45) is 22.9 Å². The van der Waals surface area contributed by atoms with E-state index in [-0.39, 0.29) is 11.8 Å². The molecule has 1 amide bonds. The summed E-state index contributed by atoms with van der Waals surface area (Å²) in [6.45, 7) is 0. The molecule has 0 unspecified atom stereocenters. The summed E-state index contributed by atoms with van der Waals surface area (Å²) >= 11 is 1.62. The minimum absolute atomic E-state index is 0.116. The van der Waals surface area contributed by atoms with Gasteiger partial charge in [-0.2, -0.15) is 5.10 Å². The molecule has 2 bridgehead atoms. The predicted molar refractivity (Wildman–Crippen MR) is 69.0 cm³/mol. The Morgan fingerprint density at radius 3 is 3.06 bits per heavy atom. The van der Waals surface area contributed by atoms with E-state index < -0.39 is 0 Å². The summed E-state index contributed by atoms with van der Waals surface area (Å²) in [4.78, 5) is 13.0. The van der Waals surface area contributed by atoms with Crippen LogP contribution in [0.5, 0.6) is 0 Å².